The van der Waals surface area contributed by atoms with E-state index in [9.17, 15) is 0 Å². The molecule has 0 fully saturated rings. The largest absolute Gasteiger partial charge is 0.381 e. The van der Waals surface area contributed by atoms with E-state index in [4.69, 9.17) is 0 Å². The van der Waals surface area contributed by atoms with Crippen LogP contribution in [-0.4, -0.2) is 4.98 Å². The summed E-state index contributed by atoms with van der Waals surface area (Å²) in [7, 11) is 0. The quantitative estimate of drug-likeness (QED) is 0.714. The van der Waals surface area contributed by atoms with Crippen LogP contribution in [0, 0.1) is 19.3 Å². The predicted octanol–water partition coefficient (Wildman–Crippen LogP) is 4.76. The number of hydrogen-bond donors (Lipinski definition) is 2. The molecule has 21 heavy (non-hydrogen) atoms. The Labute approximate surface area is 125 Å². The predicted molar refractivity (Wildman–Crippen MR) is 89.2 cm³/mol. The fraction of sp³-hybridized carbons (Fsp3) is 0.368. The average molecular weight is 278 g/mol. The maximum absolute atomic E-state index is 3.70. The molecule has 2 N–H and O–H groups in total. The van der Waals surface area contributed by atoms with Crippen LogP contribution in [0.2, 0.25) is 0 Å². The summed E-state index contributed by atoms with van der Waals surface area (Å²) < 4.78 is 0. The Morgan fingerprint density at radius 3 is 2.62 bits per heavy atom. The van der Waals surface area contributed by atoms with Gasteiger partial charge in [0.25, 0.3) is 0 Å². The van der Waals surface area contributed by atoms with Gasteiger partial charge >= 0.3 is 0 Å². The van der Waals surface area contributed by atoms with Gasteiger partial charge in [0.1, 0.15) is 0 Å². The van der Waals surface area contributed by atoms with Crippen LogP contribution in [0.5, 0.6) is 0 Å². The Bertz CT molecular complexity index is 835. The van der Waals surface area contributed by atoms with Crippen LogP contribution in [0.15, 0.2) is 29.5 Å². The van der Waals surface area contributed by atoms with Crippen molar-refractivity contribution in [1.82, 2.24) is 10.3 Å². The third-order valence-corrected chi connectivity index (χ3v) is 5.80. The molecule has 0 spiro atoms. The van der Waals surface area contributed by atoms with Crippen LogP contribution < -0.4 is 5.32 Å². The zero-order chi connectivity index (χ0) is 14.9. The van der Waals surface area contributed by atoms with E-state index < -0.39 is 0 Å². The van der Waals surface area contributed by atoms with E-state index in [0.717, 1.165) is 0 Å². The highest BCUT2D eigenvalue weighted by Gasteiger charge is 2.43. The average Bonchev–Trinajstić information content (AvgIpc) is 2.88. The maximum atomic E-state index is 3.70. The van der Waals surface area contributed by atoms with E-state index >= 15 is 0 Å². The normalized spacial score (nSPS) is 27.0. The number of aryl methyl sites for hydroxylation is 2. The Morgan fingerprint density at radius 1 is 1.10 bits per heavy atom. The molecule has 1 aromatic carbocycles. The van der Waals surface area contributed by atoms with Crippen molar-refractivity contribution in [1.29, 1.82) is 0 Å². The lowest BCUT2D eigenvalue weighted by atomic mass is 9.71. The highest BCUT2D eigenvalue weighted by molar-refractivity contribution is 5.93. The minimum Gasteiger partial charge on any atom is -0.381 e. The van der Waals surface area contributed by atoms with E-state index in [0.29, 0.717) is 6.04 Å². The second-order valence-corrected chi connectivity index (χ2v) is 6.81. The van der Waals surface area contributed by atoms with Crippen molar-refractivity contribution in [2.24, 2.45) is 5.41 Å². The molecule has 2 unspecified atom stereocenters. The van der Waals surface area contributed by atoms with Gasteiger partial charge in [0, 0.05) is 27.8 Å². The summed E-state index contributed by atoms with van der Waals surface area (Å²) in [4.78, 5) is 3.58. The number of H-pyrrole nitrogens is 1. The van der Waals surface area contributed by atoms with Crippen LogP contribution in [0.3, 0.4) is 0 Å². The number of allylic oxidation sites excluding steroid dienone is 1. The maximum Gasteiger partial charge on any atom is 0.0643 e. The smallest absolute Gasteiger partial charge is 0.0643 e. The molecule has 2 aromatic rings. The van der Waals surface area contributed by atoms with Crippen LogP contribution >= 0.6 is 0 Å². The summed E-state index contributed by atoms with van der Waals surface area (Å²) in [6.07, 6.45) is 4.69. The van der Waals surface area contributed by atoms with Crippen LogP contribution in [0.1, 0.15) is 49.2 Å². The lowest BCUT2D eigenvalue weighted by Crippen LogP contribution is -2.30. The van der Waals surface area contributed by atoms with Gasteiger partial charge in [0.15, 0.2) is 0 Å². The standard InChI is InChI=1S/C19H22N2/c1-10-12(3)20-17-14(10)6-7-16-15(17)8-9-19(5)11(2)13(4)21-18(16)19/h6-9,18,20-21H,1-5H3. The monoisotopic (exact) mass is 278 g/mol. The van der Waals surface area contributed by atoms with Crippen molar-refractivity contribution < 1.29 is 0 Å². The summed E-state index contributed by atoms with van der Waals surface area (Å²) >= 11 is 0. The second kappa shape index (κ2) is 3.82. The number of fused-ring (bicyclic) bond motifs is 5. The van der Waals surface area contributed by atoms with Gasteiger partial charge in [-0.1, -0.05) is 24.3 Å². The Kier molecular flexibility index (Phi) is 2.32. The van der Waals surface area contributed by atoms with Gasteiger partial charge in [-0.25, -0.2) is 0 Å². The van der Waals surface area contributed by atoms with Crippen molar-refractivity contribution in [2.45, 2.75) is 40.7 Å². The molecule has 2 heteroatoms. The topological polar surface area (TPSA) is 27.8 Å². The van der Waals surface area contributed by atoms with E-state index in [2.05, 4.69) is 69.2 Å². The Morgan fingerprint density at radius 2 is 1.86 bits per heavy atom. The summed E-state index contributed by atoms with van der Waals surface area (Å²) in [5, 5.41) is 5.05. The zero-order valence-electron chi connectivity index (χ0n) is 13.4. The lowest BCUT2D eigenvalue weighted by Gasteiger charge is -2.35. The zero-order valence-corrected chi connectivity index (χ0v) is 13.4. The number of aromatic nitrogens is 1. The van der Waals surface area contributed by atoms with Gasteiger partial charge in [0.05, 0.1) is 11.6 Å². The third kappa shape index (κ3) is 1.43. The van der Waals surface area contributed by atoms with Gasteiger partial charge in [-0.2, -0.15) is 0 Å². The molecule has 0 saturated heterocycles. The van der Waals surface area contributed by atoms with E-state index in [-0.39, 0.29) is 5.41 Å². The van der Waals surface area contributed by atoms with Gasteiger partial charge in [-0.15, -0.1) is 0 Å². The third-order valence-electron chi connectivity index (χ3n) is 5.80. The first-order valence-corrected chi connectivity index (χ1v) is 7.69. The molecule has 2 aliphatic rings. The van der Waals surface area contributed by atoms with E-state index in [1.165, 1.54) is 44.6 Å². The summed E-state index contributed by atoms with van der Waals surface area (Å²) in [5.41, 5.74) is 9.54. The van der Waals surface area contributed by atoms with Crippen molar-refractivity contribution in [3.63, 3.8) is 0 Å². The minimum absolute atomic E-state index is 0.0987. The molecule has 1 aliphatic carbocycles. The fourth-order valence-corrected chi connectivity index (χ4v) is 3.97. The fourth-order valence-electron chi connectivity index (χ4n) is 3.97. The summed E-state index contributed by atoms with van der Waals surface area (Å²) in [6.45, 7) is 11.1. The molecule has 1 aliphatic heterocycles. The number of benzene rings is 1. The molecule has 0 saturated carbocycles. The SMILES string of the molecule is CC1=C(C)C2(C)C=Cc3c(ccc4c(C)c(C)[nH]c34)C2N1. The number of rotatable bonds is 0. The first-order valence-electron chi connectivity index (χ1n) is 7.69. The Hall–Kier alpha value is -1.96. The number of nitrogens with one attached hydrogen (secondary N) is 2. The first-order chi connectivity index (χ1) is 9.93. The molecule has 0 bridgehead atoms. The van der Waals surface area contributed by atoms with Crippen LogP contribution in [-0.2, 0) is 0 Å². The van der Waals surface area contributed by atoms with Crippen molar-refractivity contribution in [3.8, 4) is 0 Å². The molecule has 1 aromatic heterocycles. The van der Waals surface area contributed by atoms with E-state index in [1.54, 1.807) is 0 Å². The minimum atomic E-state index is 0.0987. The Balaban J connectivity index is 2.00. The molecule has 2 heterocycles. The molecule has 2 atom stereocenters. The van der Waals surface area contributed by atoms with Crippen molar-refractivity contribution >= 4 is 17.0 Å². The first kappa shape index (κ1) is 12.8. The molecular weight excluding hydrogens is 256 g/mol. The van der Waals surface area contributed by atoms with Crippen LogP contribution in [0.25, 0.3) is 17.0 Å². The van der Waals surface area contributed by atoms with Gasteiger partial charge < -0.3 is 10.3 Å². The molecular formula is C19H22N2. The molecule has 0 radical (unpaired) electrons. The highest BCUT2D eigenvalue weighted by Crippen LogP contribution is 2.52. The van der Waals surface area contributed by atoms with E-state index in [1.807, 2.05) is 0 Å². The van der Waals surface area contributed by atoms with Crippen LogP contribution in [0.4, 0.5) is 0 Å². The number of hydrogen-bond acceptors (Lipinski definition) is 1. The van der Waals surface area contributed by atoms with Gasteiger partial charge in [0.2, 0.25) is 0 Å². The number of aromatic amines is 1. The van der Waals surface area contributed by atoms with Gasteiger partial charge in [-0.05, 0) is 51.3 Å². The van der Waals surface area contributed by atoms with Crippen molar-refractivity contribution in [2.75, 3.05) is 0 Å². The highest BCUT2D eigenvalue weighted by atomic mass is 15.0. The molecule has 108 valence electrons. The molecule has 4 rings (SSSR count). The van der Waals surface area contributed by atoms with Gasteiger partial charge in [-0.3, -0.25) is 0 Å². The lowest BCUT2D eigenvalue weighted by molar-refractivity contribution is 0.400. The summed E-state index contributed by atoms with van der Waals surface area (Å²) in [5.74, 6) is 0. The summed E-state index contributed by atoms with van der Waals surface area (Å²) in [6, 6.07) is 4.94. The van der Waals surface area contributed by atoms with Crippen molar-refractivity contribution in [3.05, 3.63) is 51.9 Å². The second-order valence-electron chi connectivity index (χ2n) is 6.81. The molecule has 0 amide bonds. The molecule has 2 nitrogen and oxygen atoms in total.